The molecule has 19 heavy (non-hydrogen) atoms. The Balaban J connectivity index is 2.25. The summed E-state index contributed by atoms with van der Waals surface area (Å²) >= 11 is 0. The van der Waals surface area contributed by atoms with E-state index in [-0.39, 0.29) is 36.8 Å². The van der Waals surface area contributed by atoms with Crippen molar-refractivity contribution in [2.75, 3.05) is 18.4 Å². The third-order valence-electron chi connectivity index (χ3n) is 2.15. The van der Waals surface area contributed by atoms with E-state index in [1.165, 1.54) is 24.3 Å². The van der Waals surface area contributed by atoms with Gasteiger partial charge in [0.1, 0.15) is 5.82 Å². The van der Waals surface area contributed by atoms with Gasteiger partial charge < -0.3 is 10.6 Å². The second kappa shape index (κ2) is 7.48. The molecule has 0 aliphatic heterocycles. The highest BCUT2D eigenvalue weighted by Crippen LogP contribution is 2.07. The number of halogens is 1. The van der Waals surface area contributed by atoms with Crippen molar-refractivity contribution in [2.45, 2.75) is 19.9 Å². The summed E-state index contributed by atoms with van der Waals surface area (Å²) in [7, 11) is 0. The van der Waals surface area contributed by atoms with Crippen molar-refractivity contribution in [3.63, 3.8) is 0 Å². The van der Waals surface area contributed by atoms with Crippen LogP contribution in [0.4, 0.5) is 10.1 Å². The van der Waals surface area contributed by atoms with Gasteiger partial charge in [-0.15, -0.1) is 0 Å². The molecule has 2 amide bonds. The number of hydrogen-bond donors (Lipinski definition) is 3. The molecule has 0 unspecified atom stereocenters. The molecule has 3 N–H and O–H groups in total. The summed E-state index contributed by atoms with van der Waals surface area (Å²) in [5, 5.41) is 8.01. The first-order valence-corrected chi connectivity index (χ1v) is 6.03. The number of anilines is 1. The number of carbonyl (C=O) groups excluding carboxylic acids is 2. The summed E-state index contributed by atoms with van der Waals surface area (Å²) in [6.45, 7) is 3.82. The van der Waals surface area contributed by atoms with Crippen molar-refractivity contribution in [1.29, 1.82) is 0 Å². The highest BCUT2D eigenvalue weighted by Gasteiger charge is 2.05. The molecule has 0 bridgehead atoms. The van der Waals surface area contributed by atoms with E-state index in [9.17, 15) is 14.0 Å². The monoisotopic (exact) mass is 267 g/mol. The van der Waals surface area contributed by atoms with E-state index in [1.54, 1.807) is 0 Å². The zero-order valence-corrected chi connectivity index (χ0v) is 11.0. The predicted octanol–water partition coefficient (Wildman–Crippen LogP) is 0.878. The molecule has 0 heterocycles. The van der Waals surface area contributed by atoms with E-state index in [0.29, 0.717) is 5.69 Å². The van der Waals surface area contributed by atoms with Crippen LogP contribution < -0.4 is 16.0 Å². The molecule has 0 fully saturated rings. The van der Waals surface area contributed by atoms with Gasteiger partial charge in [0.25, 0.3) is 0 Å². The van der Waals surface area contributed by atoms with Crippen LogP contribution in [-0.2, 0) is 9.59 Å². The number of hydrogen-bond acceptors (Lipinski definition) is 3. The van der Waals surface area contributed by atoms with Crippen LogP contribution in [0.15, 0.2) is 24.3 Å². The molecule has 0 atom stereocenters. The van der Waals surface area contributed by atoms with Gasteiger partial charge in [-0.1, -0.05) is 0 Å². The Bertz CT molecular complexity index is 432. The molecule has 6 heteroatoms. The van der Waals surface area contributed by atoms with Gasteiger partial charge in [-0.3, -0.25) is 14.9 Å². The van der Waals surface area contributed by atoms with Crippen LogP contribution in [0.5, 0.6) is 0 Å². The SMILES string of the molecule is CC(C)NC(=O)CNCC(=O)Nc1ccc(F)cc1. The number of carbonyl (C=O) groups is 2. The fraction of sp³-hybridized carbons (Fsp3) is 0.385. The van der Waals surface area contributed by atoms with Crippen molar-refractivity contribution >= 4 is 17.5 Å². The van der Waals surface area contributed by atoms with Crippen molar-refractivity contribution < 1.29 is 14.0 Å². The molecule has 5 nitrogen and oxygen atoms in total. The standard InChI is InChI=1S/C13H18FN3O2/c1-9(2)16-12(18)7-15-8-13(19)17-11-5-3-10(14)4-6-11/h3-6,9,15H,7-8H2,1-2H3,(H,16,18)(H,17,19). The molecule has 1 aromatic carbocycles. The first-order valence-electron chi connectivity index (χ1n) is 6.03. The largest absolute Gasteiger partial charge is 0.353 e. The fourth-order valence-corrected chi connectivity index (χ4v) is 1.40. The smallest absolute Gasteiger partial charge is 0.238 e. The minimum absolute atomic E-state index is 0.0168. The normalized spacial score (nSPS) is 10.3. The Morgan fingerprint density at radius 1 is 1.11 bits per heavy atom. The van der Waals surface area contributed by atoms with E-state index in [2.05, 4.69) is 16.0 Å². The fourth-order valence-electron chi connectivity index (χ4n) is 1.40. The maximum atomic E-state index is 12.7. The van der Waals surface area contributed by atoms with Crippen LogP contribution in [0.1, 0.15) is 13.8 Å². The number of rotatable bonds is 6. The Labute approximate surface area is 111 Å². The van der Waals surface area contributed by atoms with Gasteiger partial charge in [-0.25, -0.2) is 4.39 Å². The van der Waals surface area contributed by atoms with E-state index >= 15 is 0 Å². The maximum Gasteiger partial charge on any atom is 0.238 e. The average Bonchev–Trinajstić information content (AvgIpc) is 2.31. The second-order valence-corrected chi connectivity index (χ2v) is 4.38. The lowest BCUT2D eigenvalue weighted by Crippen LogP contribution is -2.40. The zero-order chi connectivity index (χ0) is 14.3. The average molecular weight is 267 g/mol. The van der Waals surface area contributed by atoms with Gasteiger partial charge in [-0.2, -0.15) is 0 Å². The predicted molar refractivity (Wildman–Crippen MR) is 71.2 cm³/mol. The molecule has 0 aliphatic carbocycles. The van der Waals surface area contributed by atoms with Gasteiger partial charge in [0.2, 0.25) is 11.8 Å². The minimum Gasteiger partial charge on any atom is -0.353 e. The molecule has 0 radical (unpaired) electrons. The van der Waals surface area contributed by atoms with Crippen molar-refractivity contribution in [2.24, 2.45) is 0 Å². The lowest BCUT2D eigenvalue weighted by molar-refractivity contribution is -0.120. The molecule has 0 aromatic heterocycles. The molecule has 1 rings (SSSR count). The molecule has 0 saturated heterocycles. The number of amides is 2. The lowest BCUT2D eigenvalue weighted by Gasteiger charge is -2.09. The molecule has 0 spiro atoms. The quantitative estimate of drug-likeness (QED) is 0.716. The minimum atomic E-state index is -0.360. The molecule has 0 saturated carbocycles. The number of nitrogens with one attached hydrogen (secondary N) is 3. The summed E-state index contributed by atoms with van der Waals surface area (Å²) in [5.41, 5.74) is 0.514. The highest BCUT2D eigenvalue weighted by molar-refractivity contribution is 5.92. The van der Waals surface area contributed by atoms with Gasteiger partial charge in [0.05, 0.1) is 13.1 Å². The van der Waals surface area contributed by atoms with Gasteiger partial charge in [-0.05, 0) is 38.1 Å². The van der Waals surface area contributed by atoms with Gasteiger partial charge in [0.15, 0.2) is 0 Å². The van der Waals surface area contributed by atoms with Crippen LogP contribution in [0.2, 0.25) is 0 Å². The van der Waals surface area contributed by atoms with Crippen LogP contribution in [0.3, 0.4) is 0 Å². The number of benzene rings is 1. The maximum absolute atomic E-state index is 12.7. The molecule has 1 aromatic rings. The van der Waals surface area contributed by atoms with Crippen LogP contribution in [0.25, 0.3) is 0 Å². The van der Waals surface area contributed by atoms with E-state index in [4.69, 9.17) is 0 Å². The molecular weight excluding hydrogens is 249 g/mol. The highest BCUT2D eigenvalue weighted by atomic mass is 19.1. The summed E-state index contributed by atoms with van der Waals surface area (Å²) < 4.78 is 12.7. The van der Waals surface area contributed by atoms with Crippen molar-refractivity contribution in [3.05, 3.63) is 30.1 Å². The second-order valence-electron chi connectivity index (χ2n) is 4.38. The van der Waals surface area contributed by atoms with E-state index in [1.807, 2.05) is 13.8 Å². The first-order chi connectivity index (χ1) is 8.97. The van der Waals surface area contributed by atoms with Crippen LogP contribution in [-0.4, -0.2) is 30.9 Å². The van der Waals surface area contributed by atoms with E-state index in [0.717, 1.165) is 0 Å². The Morgan fingerprint density at radius 3 is 2.26 bits per heavy atom. The Morgan fingerprint density at radius 2 is 1.68 bits per heavy atom. The lowest BCUT2D eigenvalue weighted by atomic mass is 10.3. The molecular formula is C13H18FN3O2. The van der Waals surface area contributed by atoms with Crippen molar-refractivity contribution in [1.82, 2.24) is 10.6 Å². The van der Waals surface area contributed by atoms with Crippen molar-refractivity contribution in [3.8, 4) is 0 Å². The third-order valence-corrected chi connectivity index (χ3v) is 2.15. The summed E-state index contributed by atoms with van der Waals surface area (Å²) in [4.78, 5) is 22.8. The molecule has 0 aliphatic rings. The van der Waals surface area contributed by atoms with Crippen LogP contribution in [0, 0.1) is 5.82 Å². The zero-order valence-electron chi connectivity index (χ0n) is 11.0. The van der Waals surface area contributed by atoms with Crippen LogP contribution >= 0.6 is 0 Å². The molecule has 104 valence electrons. The summed E-state index contributed by atoms with van der Waals surface area (Å²) in [5.74, 6) is -0.810. The first kappa shape index (κ1) is 15.1. The summed E-state index contributed by atoms with van der Waals surface area (Å²) in [6.07, 6.45) is 0. The Hall–Kier alpha value is -1.95. The topological polar surface area (TPSA) is 70.2 Å². The third kappa shape index (κ3) is 6.52. The summed E-state index contributed by atoms with van der Waals surface area (Å²) in [6, 6.07) is 5.54. The van der Waals surface area contributed by atoms with E-state index < -0.39 is 0 Å². The van der Waals surface area contributed by atoms with Gasteiger partial charge >= 0.3 is 0 Å². The van der Waals surface area contributed by atoms with Gasteiger partial charge in [0, 0.05) is 11.7 Å². The Kier molecular flexibility index (Phi) is 5.95.